The van der Waals surface area contributed by atoms with Gasteiger partial charge in [0.2, 0.25) is 10.0 Å². The van der Waals surface area contributed by atoms with Gasteiger partial charge < -0.3 is 24.0 Å². The van der Waals surface area contributed by atoms with Gasteiger partial charge >= 0.3 is 0 Å². The van der Waals surface area contributed by atoms with Crippen LogP contribution in [0.4, 0.5) is 15.8 Å². The van der Waals surface area contributed by atoms with Crippen molar-refractivity contribution in [1.29, 1.82) is 0 Å². The van der Waals surface area contributed by atoms with Gasteiger partial charge in [0.15, 0.2) is 6.79 Å². The summed E-state index contributed by atoms with van der Waals surface area (Å²) in [7, 11) is -2.07. The van der Waals surface area contributed by atoms with Crippen molar-refractivity contribution in [3.8, 4) is 16.9 Å². The third-order valence-corrected chi connectivity index (χ3v) is 7.96. The Bertz CT molecular complexity index is 1600. The molecule has 0 aliphatic carbocycles. The van der Waals surface area contributed by atoms with Crippen LogP contribution in [0.3, 0.4) is 0 Å². The molecule has 5 rings (SSSR count). The Labute approximate surface area is 250 Å². The second-order valence-electron chi connectivity index (χ2n) is 10.5. The number of hydrogen-bond acceptors (Lipinski definition) is 7. The van der Waals surface area contributed by atoms with Gasteiger partial charge in [0.05, 0.1) is 31.7 Å². The number of hydrogen-bond donors (Lipinski definition) is 1. The van der Waals surface area contributed by atoms with Crippen LogP contribution in [0.1, 0.15) is 32.7 Å². The van der Waals surface area contributed by atoms with E-state index in [1.165, 1.54) is 4.90 Å². The zero-order chi connectivity index (χ0) is 30.6. The zero-order valence-corrected chi connectivity index (χ0v) is 24.9. The summed E-state index contributed by atoms with van der Waals surface area (Å²) < 4.78 is 55.9. The van der Waals surface area contributed by atoms with E-state index in [1.807, 2.05) is 24.3 Å². The molecule has 0 saturated carbocycles. The van der Waals surface area contributed by atoms with Gasteiger partial charge in [-0.25, -0.2) is 12.8 Å². The first-order valence-electron chi connectivity index (χ1n) is 13.9. The minimum Gasteiger partial charge on any atom is -0.465 e. The van der Waals surface area contributed by atoms with Crippen molar-refractivity contribution in [2.75, 3.05) is 62.6 Å². The molecule has 2 heterocycles. The van der Waals surface area contributed by atoms with Crippen molar-refractivity contribution in [2.24, 2.45) is 0 Å². The number of methoxy groups -OCH3 is 1. The molecule has 3 aromatic carbocycles. The van der Waals surface area contributed by atoms with Crippen LogP contribution in [-0.4, -0.2) is 84.3 Å². The molecule has 1 saturated heterocycles. The molecule has 1 unspecified atom stereocenters. The second-order valence-corrected chi connectivity index (χ2v) is 12.3. The first kappa shape index (κ1) is 30.5. The third kappa shape index (κ3) is 7.32. The summed E-state index contributed by atoms with van der Waals surface area (Å²) in [6.07, 6.45) is 1.04. The lowest BCUT2D eigenvalue weighted by Crippen LogP contribution is -2.37. The summed E-state index contributed by atoms with van der Waals surface area (Å²) in [6, 6.07) is 17.7. The van der Waals surface area contributed by atoms with E-state index in [9.17, 15) is 22.4 Å². The maximum absolute atomic E-state index is 13.5. The predicted octanol–water partition coefficient (Wildman–Crippen LogP) is 4.11. The molecule has 2 amide bonds. The molecule has 10 nitrogen and oxygen atoms in total. The molecule has 0 spiro atoms. The molecule has 0 radical (unpaired) electrons. The van der Waals surface area contributed by atoms with Gasteiger partial charge in [-0.15, -0.1) is 0 Å². The fraction of sp³-hybridized carbons (Fsp3) is 0.355. The minimum absolute atomic E-state index is 0.101. The summed E-state index contributed by atoms with van der Waals surface area (Å²) in [5, 5.41) is 0. The van der Waals surface area contributed by atoms with E-state index in [0.717, 1.165) is 22.9 Å². The molecule has 0 bridgehead atoms. The number of fused-ring (bicyclic) bond motifs is 1. The molecule has 43 heavy (non-hydrogen) atoms. The fourth-order valence-corrected chi connectivity index (χ4v) is 5.76. The normalized spacial score (nSPS) is 16.7. The van der Waals surface area contributed by atoms with Crippen molar-refractivity contribution in [3.63, 3.8) is 0 Å². The van der Waals surface area contributed by atoms with Crippen LogP contribution < -0.4 is 14.4 Å². The number of anilines is 2. The summed E-state index contributed by atoms with van der Waals surface area (Å²) >= 11 is 0. The predicted molar refractivity (Wildman–Crippen MR) is 161 cm³/mol. The number of nitrogens with zero attached hydrogens (tertiary/aromatic N) is 2. The minimum atomic E-state index is -3.62. The summed E-state index contributed by atoms with van der Waals surface area (Å²) in [5.74, 6) is -0.110. The largest absolute Gasteiger partial charge is 0.465 e. The van der Waals surface area contributed by atoms with Crippen molar-refractivity contribution >= 4 is 33.2 Å². The molecule has 2 aliphatic rings. The molecule has 1 fully saturated rings. The maximum atomic E-state index is 13.5. The number of benzene rings is 3. The van der Waals surface area contributed by atoms with Crippen LogP contribution in [0.25, 0.3) is 11.1 Å². The van der Waals surface area contributed by atoms with Gasteiger partial charge in [-0.2, -0.15) is 0 Å². The Kier molecular flexibility index (Phi) is 9.28. The topological polar surface area (TPSA) is 114 Å². The quantitative estimate of drug-likeness (QED) is 0.256. The molecule has 228 valence electrons. The lowest BCUT2D eigenvalue weighted by Gasteiger charge is -2.29. The smallest absolute Gasteiger partial charge is 0.258 e. The molecule has 2 aliphatic heterocycles. The van der Waals surface area contributed by atoms with Gasteiger partial charge in [-0.05, 0) is 65.9 Å². The van der Waals surface area contributed by atoms with Gasteiger partial charge in [0.25, 0.3) is 11.8 Å². The zero-order valence-electron chi connectivity index (χ0n) is 24.0. The van der Waals surface area contributed by atoms with E-state index in [1.54, 1.807) is 48.4 Å². The molecule has 3 aromatic rings. The first-order chi connectivity index (χ1) is 20.6. The summed E-state index contributed by atoms with van der Waals surface area (Å²) in [6.45, 7) is 1.57. The number of nitrogens with one attached hydrogen (secondary N) is 1. The number of ether oxygens (including phenoxy) is 3. The average Bonchev–Trinajstić information content (AvgIpc) is 3.43. The van der Waals surface area contributed by atoms with Crippen molar-refractivity contribution in [3.05, 3.63) is 77.4 Å². The van der Waals surface area contributed by atoms with Crippen LogP contribution in [0.2, 0.25) is 0 Å². The van der Waals surface area contributed by atoms with E-state index in [-0.39, 0.29) is 36.6 Å². The Hall–Kier alpha value is -4.00. The Morgan fingerprint density at radius 3 is 2.49 bits per heavy atom. The number of alkyl halides is 1. The summed E-state index contributed by atoms with van der Waals surface area (Å²) in [4.78, 5) is 29.4. The van der Waals surface area contributed by atoms with Gasteiger partial charge in [-0.3, -0.25) is 14.3 Å². The number of amides is 2. The van der Waals surface area contributed by atoms with Gasteiger partial charge in [-0.1, -0.05) is 24.3 Å². The third-order valence-electron chi connectivity index (χ3n) is 7.37. The van der Waals surface area contributed by atoms with Crippen LogP contribution >= 0.6 is 0 Å². The molecular weight excluding hydrogens is 577 g/mol. The Morgan fingerprint density at radius 2 is 1.79 bits per heavy atom. The fourth-order valence-electron chi connectivity index (χ4n) is 5.20. The van der Waals surface area contributed by atoms with E-state index in [0.29, 0.717) is 56.0 Å². The molecule has 1 N–H and O–H groups in total. The van der Waals surface area contributed by atoms with Crippen molar-refractivity contribution in [2.45, 2.75) is 19.0 Å². The number of sulfonamides is 1. The Morgan fingerprint density at radius 1 is 1.02 bits per heavy atom. The van der Waals surface area contributed by atoms with E-state index >= 15 is 0 Å². The lowest BCUT2D eigenvalue weighted by molar-refractivity contribution is -0.00814. The highest BCUT2D eigenvalue weighted by atomic mass is 32.2. The number of halogens is 1. The van der Waals surface area contributed by atoms with E-state index in [4.69, 9.17) is 14.2 Å². The molecule has 1 atom stereocenters. The molecule has 0 aromatic heterocycles. The highest BCUT2D eigenvalue weighted by molar-refractivity contribution is 7.92. The highest BCUT2D eigenvalue weighted by Crippen LogP contribution is 2.34. The van der Waals surface area contributed by atoms with Crippen LogP contribution in [0, 0.1) is 0 Å². The standard InChI is InChI=1S/C31H34FN3O7S/c1-40-15-16-41-20-42-29-10-8-26(18-28(29)33-43(2,38)39)35-14-11-24-17-23(7-9-27(24)31(35)37)21-3-5-22(6-4-21)30(36)34-13-12-25(32)19-34/h3-10,17-18,25,33H,11-16,19-20H2,1-2H3. The van der Waals surface area contributed by atoms with E-state index in [2.05, 4.69) is 4.72 Å². The SMILES string of the molecule is COCCOCOc1ccc(N2CCc3cc(-c4ccc(C(=O)N5CCC(F)C5)cc4)ccc3C2=O)cc1NS(C)(=O)=O. The number of carbonyl (C=O) groups excluding carboxylic acids is 2. The number of rotatable bonds is 11. The highest BCUT2D eigenvalue weighted by Gasteiger charge is 2.28. The monoisotopic (exact) mass is 611 g/mol. The first-order valence-corrected chi connectivity index (χ1v) is 15.8. The number of likely N-dealkylation sites (tertiary alicyclic amines) is 1. The number of carbonyl (C=O) groups is 2. The van der Waals surface area contributed by atoms with Crippen molar-refractivity contribution < 1.29 is 36.6 Å². The van der Waals surface area contributed by atoms with Gasteiger partial charge in [0.1, 0.15) is 11.9 Å². The maximum Gasteiger partial charge on any atom is 0.258 e. The lowest BCUT2D eigenvalue weighted by atomic mass is 9.93. The van der Waals surface area contributed by atoms with Crippen LogP contribution in [0.5, 0.6) is 5.75 Å². The van der Waals surface area contributed by atoms with Crippen LogP contribution in [0.15, 0.2) is 60.7 Å². The molecule has 12 heteroatoms. The van der Waals surface area contributed by atoms with Crippen molar-refractivity contribution in [1.82, 2.24) is 4.90 Å². The Balaban J connectivity index is 1.31. The average molecular weight is 612 g/mol. The van der Waals surface area contributed by atoms with Gasteiger partial charge in [0, 0.05) is 37.0 Å². The van der Waals surface area contributed by atoms with E-state index < -0.39 is 16.2 Å². The van der Waals surface area contributed by atoms with Crippen LogP contribution in [-0.2, 0) is 25.9 Å². The second kappa shape index (κ2) is 13.1. The summed E-state index contributed by atoms with van der Waals surface area (Å²) in [5.41, 5.74) is 4.50. The molecular formula is C31H34FN3O7S.